The first-order chi connectivity index (χ1) is 9.07. The van der Waals surface area contributed by atoms with Crippen LogP contribution in [-0.2, 0) is 9.59 Å². The number of carbonyl (C=O) groups is 2. The zero-order valence-corrected chi connectivity index (χ0v) is 11.8. The van der Waals surface area contributed by atoms with Gasteiger partial charge in [0.1, 0.15) is 0 Å². The molecular weight excluding hydrogens is 244 g/mol. The van der Waals surface area contributed by atoms with Crippen LogP contribution in [-0.4, -0.2) is 22.2 Å². The van der Waals surface area contributed by atoms with Crippen LogP contribution in [0.4, 0.5) is 0 Å². The highest BCUT2D eigenvalue weighted by Gasteiger charge is 2.40. The molecule has 1 saturated carbocycles. The maximum Gasteiger partial charge on any atom is 0.307 e. The third-order valence-electron chi connectivity index (χ3n) is 4.31. The number of hydrogen-bond donors (Lipinski definition) is 2. The lowest BCUT2D eigenvalue weighted by Crippen LogP contribution is -2.34. The normalized spacial score (nSPS) is 27.7. The van der Waals surface area contributed by atoms with Crippen LogP contribution < -0.4 is 0 Å². The molecular formula is C15H26O4. The smallest absolute Gasteiger partial charge is 0.307 e. The summed E-state index contributed by atoms with van der Waals surface area (Å²) in [6.07, 6.45) is 8.52. The topological polar surface area (TPSA) is 74.6 Å². The molecule has 0 aromatic rings. The molecule has 0 amide bonds. The van der Waals surface area contributed by atoms with Gasteiger partial charge < -0.3 is 10.2 Å². The lowest BCUT2D eigenvalue weighted by molar-refractivity contribution is -0.156. The van der Waals surface area contributed by atoms with E-state index >= 15 is 0 Å². The van der Waals surface area contributed by atoms with Gasteiger partial charge in [-0.15, -0.1) is 0 Å². The van der Waals surface area contributed by atoms with Gasteiger partial charge in [0.2, 0.25) is 0 Å². The van der Waals surface area contributed by atoms with Gasteiger partial charge in [-0.3, -0.25) is 9.59 Å². The van der Waals surface area contributed by atoms with Crippen LogP contribution in [0.2, 0.25) is 0 Å². The Balaban J connectivity index is 2.67. The summed E-state index contributed by atoms with van der Waals surface area (Å²) in [7, 11) is 0. The minimum atomic E-state index is -0.937. The second-order valence-corrected chi connectivity index (χ2v) is 5.70. The highest BCUT2D eigenvalue weighted by Crippen LogP contribution is 2.37. The van der Waals surface area contributed by atoms with Crippen molar-refractivity contribution in [2.24, 2.45) is 17.8 Å². The van der Waals surface area contributed by atoms with Crippen molar-refractivity contribution in [1.82, 2.24) is 0 Å². The fourth-order valence-electron chi connectivity index (χ4n) is 3.27. The molecule has 0 heterocycles. The van der Waals surface area contributed by atoms with Gasteiger partial charge in [-0.2, -0.15) is 0 Å². The summed E-state index contributed by atoms with van der Waals surface area (Å²) in [6, 6.07) is 0. The SMILES string of the molecule is CCCCCCC1CCCCC(C(=O)O)C1C(=O)O. The third kappa shape index (κ3) is 4.84. The molecule has 0 radical (unpaired) electrons. The van der Waals surface area contributed by atoms with Crippen molar-refractivity contribution in [2.75, 3.05) is 0 Å². The average Bonchev–Trinajstić information content (AvgIpc) is 2.57. The van der Waals surface area contributed by atoms with Gasteiger partial charge in [0.05, 0.1) is 11.8 Å². The van der Waals surface area contributed by atoms with E-state index in [0.717, 1.165) is 44.9 Å². The first-order valence-corrected chi connectivity index (χ1v) is 7.53. The van der Waals surface area contributed by atoms with Gasteiger partial charge >= 0.3 is 11.9 Å². The van der Waals surface area contributed by atoms with Crippen molar-refractivity contribution < 1.29 is 19.8 Å². The predicted molar refractivity (Wildman–Crippen MR) is 73.0 cm³/mol. The number of carboxylic acid groups (broad SMARTS) is 2. The quantitative estimate of drug-likeness (QED) is 0.548. The van der Waals surface area contributed by atoms with E-state index in [1.54, 1.807) is 0 Å². The summed E-state index contributed by atoms with van der Waals surface area (Å²) in [5, 5.41) is 18.6. The molecule has 3 unspecified atom stereocenters. The highest BCUT2D eigenvalue weighted by atomic mass is 16.4. The van der Waals surface area contributed by atoms with Crippen LogP contribution in [0, 0.1) is 17.8 Å². The van der Waals surface area contributed by atoms with E-state index in [1.165, 1.54) is 6.42 Å². The number of carboxylic acids is 2. The second-order valence-electron chi connectivity index (χ2n) is 5.70. The first-order valence-electron chi connectivity index (χ1n) is 7.53. The standard InChI is InChI=1S/C15H26O4/c1-2-3-4-5-8-11-9-6-7-10-12(14(16)17)13(11)15(18)19/h11-13H,2-10H2,1H3,(H,16,17)(H,18,19). The van der Waals surface area contributed by atoms with E-state index in [2.05, 4.69) is 6.92 Å². The van der Waals surface area contributed by atoms with Crippen LogP contribution in [0.1, 0.15) is 64.7 Å². The molecule has 0 aliphatic heterocycles. The lowest BCUT2D eigenvalue weighted by atomic mass is 9.78. The predicted octanol–water partition coefficient (Wildman–Crippen LogP) is 3.55. The molecule has 0 saturated heterocycles. The molecule has 0 aromatic carbocycles. The monoisotopic (exact) mass is 270 g/mol. The number of hydrogen-bond acceptors (Lipinski definition) is 2. The fraction of sp³-hybridized carbons (Fsp3) is 0.867. The average molecular weight is 270 g/mol. The van der Waals surface area contributed by atoms with Gasteiger partial charge in [0, 0.05) is 0 Å². The fourth-order valence-corrected chi connectivity index (χ4v) is 3.27. The Labute approximate surface area is 115 Å². The van der Waals surface area contributed by atoms with Crippen LogP contribution in [0.15, 0.2) is 0 Å². The number of unbranched alkanes of at least 4 members (excludes halogenated alkanes) is 3. The molecule has 1 aliphatic carbocycles. The van der Waals surface area contributed by atoms with E-state index in [4.69, 9.17) is 0 Å². The Morgan fingerprint density at radius 2 is 1.68 bits per heavy atom. The molecule has 4 nitrogen and oxygen atoms in total. The molecule has 19 heavy (non-hydrogen) atoms. The van der Waals surface area contributed by atoms with Crippen LogP contribution >= 0.6 is 0 Å². The Morgan fingerprint density at radius 3 is 2.26 bits per heavy atom. The van der Waals surface area contributed by atoms with Crippen molar-refractivity contribution in [1.29, 1.82) is 0 Å². The van der Waals surface area contributed by atoms with Gasteiger partial charge in [-0.05, 0) is 25.2 Å². The molecule has 1 aliphatic rings. The van der Waals surface area contributed by atoms with Gasteiger partial charge in [0.25, 0.3) is 0 Å². The molecule has 110 valence electrons. The minimum Gasteiger partial charge on any atom is -0.481 e. The molecule has 0 bridgehead atoms. The molecule has 1 rings (SSSR count). The first kappa shape index (κ1) is 16.0. The lowest BCUT2D eigenvalue weighted by Gasteiger charge is -2.25. The van der Waals surface area contributed by atoms with Crippen LogP contribution in [0.3, 0.4) is 0 Å². The van der Waals surface area contributed by atoms with Gasteiger partial charge in [0.15, 0.2) is 0 Å². The Bertz CT molecular complexity index is 301. The van der Waals surface area contributed by atoms with Crippen molar-refractivity contribution >= 4 is 11.9 Å². The molecule has 0 spiro atoms. The van der Waals surface area contributed by atoms with Crippen molar-refractivity contribution in [3.05, 3.63) is 0 Å². The Hall–Kier alpha value is -1.06. The largest absolute Gasteiger partial charge is 0.481 e. The zero-order chi connectivity index (χ0) is 14.3. The Morgan fingerprint density at radius 1 is 1.00 bits per heavy atom. The summed E-state index contributed by atoms with van der Waals surface area (Å²) < 4.78 is 0. The van der Waals surface area contributed by atoms with Crippen LogP contribution in [0.25, 0.3) is 0 Å². The third-order valence-corrected chi connectivity index (χ3v) is 4.31. The zero-order valence-electron chi connectivity index (χ0n) is 11.8. The summed E-state index contributed by atoms with van der Waals surface area (Å²) >= 11 is 0. The summed E-state index contributed by atoms with van der Waals surface area (Å²) in [6.45, 7) is 2.15. The molecule has 2 N–H and O–H groups in total. The van der Waals surface area contributed by atoms with E-state index < -0.39 is 23.8 Å². The second kappa shape index (κ2) is 8.18. The highest BCUT2D eigenvalue weighted by molar-refractivity contribution is 5.80. The number of rotatable bonds is 7. The molecule has 0 aromatic heterocycles. The van der Waals surface area contributed by atoms with Crippen molar-refractivity contribution in [2.45, 2.75) is 64.7 Å². The van der Waals surface area contributed by atoms with Crippen molar-refractivity contribution in [3.63, 3.8) is 0 Å². The van der Waals surface area contributed by atoms with E-state index in [9.17, 15) is 19.8 Å². The van der Waals surface area contributed by atoms with E-state index in [-0.39, 0.29) is 5.92 Å². The maximum absolute atomic E-state index is 11.5. The summed E-state index contributed by atoms with van der Waals surface area (Å²) in [5.74, 6) is -3.21. The number of aliphatic carboxylic acids is 2. The van der Waals surface area contributed by atoms with Gasteiger partial charge in [-0.1, -0.05) is 45.4 Å². The maximum atomic E-state index is 11.5. The van der Waals surface area contributed by atoms with Crippen LogP contribution in [0.5, 0.6) is 0 Å². The Kier molecular flexibility index (Phi) is 6.89. The van der Waals surface area contributed by atoms with E-state index in [1.807, 2.05) is 0 Å². The molecule has 3 atom stereocenters. The summed E-state index contributed by atoms with van der Waals surface area (Å²) in [4.78, 5) is 22.7. The molecule has 4 heteroatoms. The summed E-state index contributed by atoms with van der Waals surface area (Å²) in [5.41, 5.74) is 0. The van der Waals surface area contributed by atoms with Crippen molar-refractivity contribution in [3.8, 4) is 0 Å². The molecule has 1 fully saturated rings. The van der Waals surface area contributed by atoms with E-state index in [0.29, 0.717) is 6.42 Å². The minimum absolute atomic E-state index is 0.0398. The van der Waals surface area contributed by atoms with Gasteiger partial charge in [-0.25, -0.2) is 0 Å².